The summed E-state index contributed by atoms with van der Waals surface area (Å²) >= 11 is 9.07. The maximum Gasteiger partial charge on any atom is 0.212 e. The lowest BCUT2D eigenvalue weighted by molar-refractivity contribution is 0.401. The van der Waals surface area contributed by atoms with E-state index >= 15 is 0 Å². The molecular weight excluding hydrogens is 241 g/mol. The van der Waals surface area contributed by atoms with Crippen LogP contribution in [0, 0.1) is 5.41 Å². The third-order valence-corrected chi connectivity index (χ3v) is 2.62. The number of ether oxygens (including phenoxy) is 1. The van der Waals surface area contributed by atoms with Crippen molar-refractivity contribution >= 4 is 33.4 Å². The average molecular weight is 249 g/mol. The van der Waals surface area contributed by atoms with E-state index in [1.807, 2.05) is 0 Å². The second-order valence-electron chi connectivity index (χ2n) is 2.16. The number of hydrogen-bond donors (Lipinski definition) is 1. The lowest BCUT2D eigenvalue weighted by Gasteiger charge is -2.02. The van der Waals surface area contributed by atoms with Crippen LogP contribution in [0.2, 0.25) is 5.02 Å². The zero-order chi connectivity index (χ0) is 9.14. The van der Waals surface area contributed by atoms with Gasteiger partial charge in [0.1, 0.15) is 0 Å². The summed E-state index contributed by atoms with van der Waals surface area (Å²) in [6.07, 6.45) is 0. The molecule has 4 heteroatoms. The zero-order valence-corrected chi connectivity index (χ0v) is 8.74. The highest BCUT2D eigenvalue weighted by molar-refractivity contribution is 9.10. The number of halogens is 2. The summed E-state index contributed by atoms with van der Waals surface area (Å²) in [5.74, 6) is 0.115. The predicted molar refractivity (Wildman–Crippen MR) is 53.0 cm³/mol. The minimum atomic E-state index is 0.115. The van der Waals surface area contributed by atoms with Crippen LogP contribution in [0.15, 0.2) is 22.7 Å². The van der Waals surface area contributed by atoms with Crippen molar-refractivity contribution in [3.8, 4) is 0 Å². The van der Waals surface area contributed by atoms with Crippen molar-refractivity contribution < 1.29 is 4.74 Å². The Bertz CT molecular complexity index is 314. The molecule has 0 amide bonds. The quantitative estimate of drug-likeness (QED) is 0.601. The minimum Gasteiger partial charge on any atom is -0.481 e. The lowest BCUT2D eigenvalue weighted by atomic mass is 10.2. The van der Waals surface area contributed by atoms with Crippen molar-refractivity contribution in [1.82, 2.24) is 0 Å². The van der Waals surface area contributed by atoms with Crippen LogP contribution >= 0.6 is 27.5 Å². The first-order valence-corrected chi connectivity index (χ1v) is 4.40. The summed E-state index contributed by atoms with van der Waals surface area (Å²) in [6.45, 7) is 0. The molecule has 0 aliphatic rings. The van der Waals surface area contributed by atoms with Gasteiger partial charge < -0.3 is 4.74 Å². The summed E-state index contributed by atoms with van der Waals surface area (Å²) in [4.78, 5) is 0. The number of hydrogen-bond acceptors (Lipinski definition) is 2. The van der Waals surface area contributed by atoms with Gasteiger partial charge in [0, 0.05) is 10.0 Å². The van der Waals surface area contributed by atoms with E-state index in [9.17, 15) is 0 Å². The van der Waals surface area contributed by atoms with Crippen molar-refractivity contribution in [1.29, 1.82) is 5.41 Å². The molecule has 2 nitrogen and oxygen atoms in total. The standard InChI is InChI=1S/C8H7BrClNO/c1-12-8(11)5-2-3-6(9)7(10)4-5/h2-4,11H,1H3. The predicted octanol–water partition coefficient (Wildman–Crippen LogP) is 3.07. The minimum absolute atomic E-state index is 0.115. The number of rotatable bonds is 1. The van der Waals surface area contributed by atoms with Crippen LogP contribution in [0.3, 0.4) is 0 Å². The van der Waals surface area contributed by atoms with E-state index in [4.69, 9.17) is 21.7 Å². The Morgan fingerprint density at radius 2 is 2.25 bits per heavy atom. The molecule has 0 atom stereocenters. The first-order valence-electron chi connectivity index (χ1n) is 3.23. The van der Waals surface area contributed by atoms with Gasteiger partial charge in [-0.25, -0.2) is 0 Å². The Balaban J connectivity index is 3.05. The Hall–Kier alpha value is -0.540. The molecule has 0 fully saturated rings. The highest BCUT2D eigenvalue weighted by Crippen LogP contribution is 2.23. The molecule has 1 aromatic carbocycles. The van der Waals surface area contributed by atoms with E-state index in [-0.39, 0.29) is 5.90 Å². The topological polar surface area (TPSA) is 33.1 Å². The zero-order valence-electron chi connectivity index (χ0n) is 6.40. The van der Waals surface area contributed by atoms with Crippen LogP contribution in [0.5, 0.6) is 0 Å². The molecule has 0 saturated heterocycles. The molecule has 64 valence electrons. The Kier molecular flexibility index (Phi) is 3.12. The van der Waals surface area contributed by atoms with E-state index in [0.717, 1.165) is 4.47 Å². The van der Waals surface area contributed by atoms with Crippen LogP contribution in [-0.4, -0.2) is 13.0 Å². The molecule has 0 radical (unpaired) electrons. The van der Waals surface area contributed by atoms with E-state index in [1.54, 1.807) is 18.2 Å². The highest BCUT2D eigenvalue weighted by atomic mass is 79.9. The molecule has 0 aromatic heterocycles. The fraction of sp³-hybridized carbons (Fsp3) is 0.125. The Labute approximate surface area is 84.1 Å². The van der Waals surface area contributed by atoms with E-state index in [2.05, 4.69) is 15.9 Å². The van der Waals surface area contributed by atoms with Crippen molar-refractivity contribution in [2.24, 2.45) is 0 Å². The van der Waals surface area contributed by atoms with Gasteiger partial charge in [-0.1, -0.05) is 11.6 Å². The summed E-state index contributed by atoms with van der Waals surface area (Å²) < 4.78 is 5.56. The molecule has 0 heterocycles. The van der Waals surface area contributed by atoms with Crippen molar-refractivity contribution in [2.45, 2.75) is 0 Å². The molecular formula is C8H7BrClNO. The number of methoxy groups -OCH3 is 1. The second-order valence-corrected chi connectivity index (χ2v) is 3.42. The van der Waals surface area contributed by atoms with Crippen molar-refractivity contribution in [2.75, 3.05) is 7.11 Å². The van der Waals surface area contributed by atoms with Gasteiger partial charge in [0.25, 0.3) is 0 Å². The maximum absolute atomic E-state index is 7.35. The normalized spacial score (nSPS) is 9.58. The fourth-order valence-electron chi connectivity index (χ4n) is 0.755. The molecule has 0 aliphatic heterocycles. The molecule has 12 heavy (non-hydrogen) atoms. The Morgan fingerprint density at radius 1 is 1.58 bits per heavy atom. The van der Waals surface area contributed by atoms with Crippen LogP contribution in [0.4, 0.5) is 0 Å². The van der Waals surface area contributed by atoms with Crippen LogP contribution in [0.1, 0.15) is 5.56 Å². The van der Waals surface area contributed by atoms with E-state index in [0.29, 0.717) is 10.6 Å². The highest BCUT2D eigenvalue weighted by Gasteiger charge is 2.03. The molecule has 0 unspecified atom stereocenters. The van der Waals surface area contributed by atoms with Gasteiger partial charge in [0.05, 0.1) is 12.1 Å². The van der Waals surface area contributed by atoms with Gasteiger partial charge in [0.15, 0.2) is 0 Å². The average Bonchev–Trinajstić information content (AvgIpc) is 2.08. The second kappa shape index (κ2) is 3.92. The monoisotopic (exact) mass is 247 g/mol. The van der Waals surface area contributed by atoms with Gasteiger partial charge in [-0.3, -0.25) is 5.41 Å². The van der Waals surface area contributed by atoms with E-state index in [1.165, 1.54) is 7.11 Å². The third kappa shape index (κ3) is 1.99. The van der Waals surface area contributed by atoms with Crippen LogP contribution in [-0.2, 0) is 4.74 Å². The van der Waals surface area contributed by atoms with Gasteiger partial charge in [0.2, 0.25) is 5.90 Å². The SMILES string of the molecule is COC(=N)c1ccc(Br)c(Cl)c1. The lowest BCUT2D eigenvalue weighted by Crippen LogP contribution is -2.00. The van der Waals surface area contributed by atoms with Crippen LogP contribution in [0.25, 0.3) is 0 Å². The first kappa shape index (κ1) is 9.55. The largest absolute Gasteiger partial charge is 0.481 e. The summed E-state index contributed by atoms with van der Waals surface area (Å²) in [5.41, 5.74) is 0.672. The van der Waals surface area contributed by atoms with Crippen LogP contribution < -0.4 is 0 Å². The van der Waals surface area contributed by atoms with Gasteiger partial charge in [-0.15, -0.1) is 0 Å². The summed E-state index contributed by atoms with van der Waals surface area (Å²) in [5, 5.41) is 7.93. The fourth-order valence-corrected chi connectivity index (χ4v) is 1.18. The molecule has 1 N–H and O–H groups in total. The first-order chi connectivity index (χ1) is 5.65. The molecule has 1 rings (SSSR count). The van der Waals surface area contributed by atoms with Gasteiger partial charge in [-0.2, -0.15) is 0 Å². The molecule has 0 saturated carbocycles. The summed E-state index contributed by atoms with van der Waals surface area (Å²) in [7, 11) is 1.46. The van der Waals surface area contributed by atoms with Gasteiger partial charge in [-0.05, 0) is 34.1 Å². The number of nitrogens with one attached hydrogen (secondary N) is 1. The molecule has 0 aliphatic carbocycles. The Morgan fingerprint density at radius 3 is 2.75 bits per heavy atom. The third-order valence-electron chi connectivity index (χ3n) is 1.39. The molecule has 0 bridgehead atoms. The van der Waals surface area contributed by atoms with Crippen molar-refractivity contribution in [3.05, 3.63) is 33.3 Å². The molecule has 1 aromatic rings. The molecule has 0 spiro atoms. The smallest absolute Gasteiger partial charge is 0.212 e. The maximum atomic E-state index is 7.35. The van der Waals surface area contributed by atoms with Gasteiger partial charge >= 0.3 is 0 Å². The summed E-state index contributed by atoms with van der Waals surface area (Å²) in [6, 6.07) is 5.23. The van der Waals surface area contributed by atoms with E-state index < -0.39 is 0 Å². The number of benzene rings is 1. The van der Waals surface area contributed by atoms with Crippen molar-refractivity contribution in [3.63, 3.8) is 0 Å².